The van der Waals surface area contributed by atoms with Crippen molar-refractivity contribution in [2.75, 3.05) is 0 Å². The topological polar surface area (TPSA) is 39.8 Å². The highest BCUT2D eigenvalue weighted by Crippen LogP contribution is 2.22. The molecule has 0 saturated carbocycles. The van der Waals surface area contributed by atoms with E-state index in [1.54, 1.807) is 0 Å². The fourth-order valence-corrected chi connectivity index (χ4v) is 2.61. The van der Waals surface area contributed by atoms with Crippen molar-refractivity contribution in [1.29, 1.82) is 0 Å². The second-order valence-electron chi connectivity index (χ2n) is 5.53. The van der Waals surface area contributed by atoms with Crippen molar-refractivity contribution in [3.8, 4) is 0 Å². The number of nitrogens with zero attached hydrogens (tertiary/aromatic N) is 3. The zero-order valence-electron chi connectivity index (χ0n) is 11.5. The minimum Gasteiger partial charge on any atom is -0.347 e. The number of fused-ring (bicyclic) bond motifs is 1. The van der Waals surface area contributed by atoms with Crippen molar-refractivity contribution in [1.82, 2.24) is 14.3 Å². The fourth-order valence-electron chi connectivity index (χ4n) is 2.61. The molecule has 2 aromatic rings. The minimum atomic E-state index is 0.285. The van der Waals surface area contributed by atoms with Gasteiger partial charge in [0.2, 0.25) is 0 Å². The summed E-state index contributed by atoms with van der Waals surface area (Å²) in [5.74, 6) is 0.285. The monoisotopic (exact) mass is 257 g/mol. The van der Waals surface area contributed by atoms with E-state index in [-0.39, 0.29) is 5.78 Å². The summed E-state index contributed by atoms with van der Waals surface area (Å²) in [6.07, 6.45) is 8.78. The van der Waals surface area contributed by atoms with Crippen LogP contribution in [0.1, 0.15) is 54.3 Å². The Balaban J connectivity index is 1.81. The lowest BCUT2D eigenvalue weighted by Gasteiger charge is -2.07. The van der Waals surface area contributed by atoms with Gasteiger partial charge in [-0.1, -0.05) is 0 Å². The van der Waals surface area contributed by atoms with E-state index in [1.807, 2.05) is 23.1 Å². The molecule has 2 heterocycles. The van der Waals surface area contributed by atoms with Gasteiger partial charge in [0.25, 0.3) is 0 Å². The molecule has 1 aliphatic rings. The summed E-state index contributed by atoms with van der Waals surface area (Å²) in [6.45, 7) is 4.97. The zero-order valence-corrected chi connectivity index (χ0v) is 11.5. The Kier molecular flexibility index (Phi) is 3.01. The van der Waals surface area contributed by atoms with E-state index in [2.05, 4.69) is 29.7 Å². The molecule has 0 unspecified atom stereocenters. The van der Waals surface area contributed by atoms with Gasteiger partial charge in [0.1, 0.15) is 0 Å². The van der Waals surface area contributed by atoms with Crippen LogP contribution in [0.15, 0.2) is 24.7 Å². The summed E-state index contributed by atoms with van der Waals surface area (Å²) in [5.41, 5.74) is 3.14. The van der Waals surface area contributed by atoms with Crippen LogP contribution in [0, 0.1) is 0 Å². The zero-order chi connectivity index (χ0) is 13.4. The van der Waals surface area contributed by atoms with Crippen molar-refractivity contribution in [2.45, 2.75) is 45.7 Å². The summed E-state index contributed by atoms with van der Waals surface area (Å²) in [5, 5.41) is 4.54. The van der Waals surface area contributed by atoms with E-state index < -0.39 is 0 Å². The highest BCUT2D eigenvalue weighted by Gasteiger charge is 2.19. The number of hydrogen-bond acceptors (Lipinski definition) is 2. The van der Waals surface area contributed by atoms with Crippen LogP contribution < -0.4 is 0 Å². The molecule has 0 bridgehead atoms. The van der Waals surface area contributed by atoms with Gasteiger partial charge < -0.3 is 4.57 Å². The molecule has 0 aliphatic heterocycles. The lowest BCUT2D eigenvalue weighted by atomic mass is 9.95. The SMILES string of the molecule is CC(C)n1ccc(Cn2cc3c(c2)C(=O)CCC3)n1. The quantitative estimate of drug-likeness (QED) is 0.848. The van der Waals surface area contributed by atoms with Crippen LogP contribution in [0.25, 0.3) is 0 Å². The number of aromatic nitrogens is 3. The Labute approximate surface area is 113 Å². The molecule has 0 saturated heterocycles. The number of carbonyl (C=O) groups excluding carboxylic acids is 1. The molecule has 1 aliphatic carbocycles. The number of Topliss-reactive ketones (excluding diaryl/α,β-unsaturated/α-hetero) is 1. The second kappa shape index (κ2) is 4.68. The summed E-state index contributed by atoms with van der Waals surface area (Å²) in [6, 6.07) is 2.43. The Morgan fingerprint density at radius 3 is 2.84 bits per heavy atom. The largest absolute Gasteiger partial charge is 0.347 e. The third-order valence-electron chi connectivity index (χ3n) is 3.65. The van der Waals surface area contributed by atoms with Crippen LogP contribution in [0.2, 0.25) is 0 Å². The fraction of sp³-hybridized carbons (Fsp3) is 0.467. The van der Waals surface area contributed by atoms with E-state index in [9.17, 15) is 4.79 Å². The molecule has 3 rings (SSSR count). The lowest BCUT2D eigenvalue weighted by molar-refractivity contribution is 0.0973. The van der Waals surface area contributed by atoms with Crippen molar-refractivity contribution in [3.05, 3.63) is 41.5 Å². The molecule has 2 aromatic heterocycles. The standard InChI is InChI=1S/C15H19N3O/c1-11(2)18-7-6-13(16-18)9-17-8-12-4-3-5-15(19)14(12)10-17/h6-8,10-11H,3-5,9H2,1-2H3. The molecule has 100 valence electrons. The summed E-state index contributed by atoms with van der Waals surface area (Å²) in [7, 11) is 0. The molecule has 19 heavy (non-hydrogen) atoms. The molecule has 0 amide bonds. The van der Waals surface area contributed by atoms with Crippen molar-refractivity contribution in [3.63, 3.8) is 0 Å². The van der Waals surface area contributed by atoms with Crippen LogP contribution in [0.4, 0.5) is 0 Å². The summed E-state index contributed by atoms with van der Waals surface area (Å²) >= 11 is 0. The summed E-state index contributed by atoms with van der Waals surface area (Å²) in [4.78, 5) is 11.8. The van der Waals surface area contributed by atoms with Crippen LogP contribution in [0.3, 0.4) is 0 Å². The van der Waals surface area contributed by atoms with Crippen LogP contribution in [0.5, 0.6) is 0 Å². The van der Waals surface area contributed by atoms with Gasteiger partial charge in [-0.15, -0.1) is 0 Å². The third kappa shape index (κ3) is 2.35. The molecule has 0 aromatic carbocycles. The number of ketones is 1. The molecule has 4 heteroatoms. The van der Waals surface area contributed by atoms with Gasteiger partial charge in [-0.05, 0) is 38.3 Å². The van der Waals surface area contributed by atoms with Crippen LogP contribution in [-0.2, 0) is 13.0 Å². The van der Waals surface area contributed by atoms with Crippen molar-refractivity contribution >= 4 is 5.78 Å². The predicted molar refractivity (Wildman–Crippen MR) is 73.4 cm³/mol. The molecule has 0 spiro atoms. The molecule has 4 nitrogen and oxygen atoms in total. The highest BCUT2D eigenvalue weighted by molar-refractivity contribution is 5.98. The Morgan fingerprint density at radius 2 is 2.16 bits per heavy atom. The van der Waals surface area contributed by atoms with Gasteiger partial charge in [0.15, 0.2) is 5.78 Å². The Morgan fingerprint density at radius 1 is 1.32 bits per heavy atom. The second-order valence-corrected chi connectivity index (χ2v) is 5.53. The molecular weight excluding hydrogens is 238 g/mol. The maximum atomic E-state index is 11.8. The van der Waals surface area contributed by atoms with E-state index in [0.29, 0.717) is 12.5 Å². The lowest BCUT2D eigenvalue weighted by Crippen LogP contribution is -2.07. The number of aryl methyl sites for hydroxylation is 1. The third-order valence-corrected chi connectivity index (χ3v) is 3.65. The van der Waals surface area contributed by atoms with Gasteiger partial charge in [-0.3, -0.25) is 9.48 Å². The number of carbonyl (C=O) groups is 1. The first-order valence-electron chi connectivity index (χ1n) is 6.89. The first kappa shape index (κ1) is 12.2. The molecular formula is C15H19N3O. The highest BCUT2D eigenvalue weighted by atomic mass is 16.1. The maximum Gasteiger partial charge on any atom is 0.164 e. The molecule has 0 fully saturated rings. The summed E-state index contributed by atoms with van der Waals surface area (Å²) < 4.78 is 4.05. The van der Waals surface area contributed by atoms with Crippen LogP contribution >= 0.6 is 0 Å². The molecule has 0 N–H and O–H groups in total. The normalized spacial score (nSPS) is 15.0. The van der Waals surface area contributed by atoms with Gasteiger partial charge in [0.05, 0.1) is 12.2 Å². The van der Waals surface area contributed by atoms with Crippen LogP contribution in [-0.4, -0.2) is 20.1 Å². The van der Waals surface area contributed by atoms with E-state index in [4.69, 9.17) is 0 Å². The number of hydrogen-bond donors (Lipinski definition) is 0. The Hall–Kier alpha value is -1.84. The van der Waals surface area contributed by atoms with Crippen molar-refractivity contribution in [2.24, 2.45) is 0 Å². The smallest absolute Gasteiger partial charge is 0.164 e. The Bertz CT molecular complexity index is 607. The average molecular weight is 257 g/mol. The van der Waals surface area contributed by atoms with Crippen molar-refractivity contribution < 1.29 is 4.79 Å². The first-order chi connectivity index (χ1) is 9.13. The average Bonchev–Trinajstić information content (AvgIpc) is 2.96. The van der Waals surface area contributed by atoms with E-state index >= 15 is 0 Å². The van der Waals surface area contributed by atoms with Gasteiger partial charge in [-0.2, -0.15) is 5.10 Å². The van der Waals surface area contributed by atoms with Gasteiger partial charge in [0, 0.05) is 36.6 Å². The number of rotatable bonds is 3. The maximum absolute atomic E-state index is 11.8. The first-order valence-corrected chi connectivity index (χ1v) is 6.89. The van der Waals surface area contributed by atoms with E-state index in [1.165, 1.54) is 5.56 Å². The molecule has 0 atom stereocenters. The van der Waals surface area contributed by atoms with E-state index in [0.717, 1.165) is 30.6 Å². The minimum absolute atomic E-state index is 0.285. The van der Waals surface area contributed by atoms with Gasteiger partial charge >= 0.3 is 0 Å². The van der Waals surface area contributed by atoms with Gasteiger partial charge in [-0.25, -0.2) is 0 Å². The predicted octanol–water partition coefficient (Wildman–Crippen LogP) is 2.83. The molecule has 0 radical (unpaired) electrons.